The molecule has 3 aromatic rings. The molecule has 0 bridgehead atoms. The fourth-order valence-electron chi connectivity index (χ4n) is 2.41. The lowest BCUT2D eigenvalue weighted by atomic mass is 10.3. The van der Waals surface area contributed by atoms with Crippen LogP contribution in [-0.4, -0.2) is 25.9 Å². The summed E-state index contributed by atoms with van der Waals surface area (Å²) in [6.45, 7) is -0.395. The van der Waals surface area contributed by atoms with Gasteiger partial charge < -0.3 is 5.32 Å². The lowest BCUT2D eigenvalue weighted by Gasteiger charge is -2.24. The number of carbonyl (C=O) groups excluding carboxylic acids is 1. The number of nitrogens with one attached hydrogen (secondary N) is 1. The van der Waals surface area contributed by atoms with Gasteiger partial charge in [0, 0.05) is 11.2 Å². The second-order valence-corrected chi connectivity index (χ2v) is 7.89. The van der Waals surface area contributed by atoms with E-state index in [1.807, 2.05) is 0 Å². The van der Waals surface area contributed by atoms with Crippen LogP contribution in [0.5, 0.6) is 0 Å². The minimum absolute atomic E-state index is 0.0918. The highest BCUT2D eigenvalue weighted by Crippen LogP contribution is 2.25. The molecule has 0 spiro atoms. The summed E-state index contributed by atoms with van der Waals surface area (Å²) in [5.74, 6) is -0.488. The Bertz CT molecular complexity index is 1010. The largest absolute Gasteiger partial charge is 0.323 e. The van der Waals surface area contributed by atoms with Gasteiger partial charge in [0.1, 0.15) is 6.54 Å². The van der Waals surface area contributed by atoms with E-state index in [1.165, 1.54) is 18.3 Å². The van der Waals surface area contributed by atoms with E-state index >= 15 is 0 Å². The van der Waals surface area contributed by atoms with E-state index in [1.54, 1.807) is 60.8 Å². The van der Waals surface area contributed by atoms with E-state index in [0.717, 1.165) is 4.31 Å². The number of carbonyl (C=O) groups is 1. The molecule has 0 saturated carbocycles. The lowest BCUT2D eigenvalue weighted by Crippen LogP contribution is -2.38. The van der Waals surface area contributed by atoms with Crippen molar-refractivity contribution in [2.45, 2.75) is 4.90 Å². The van der Waals surface area contributed by atoms with Gasteiger partial charge in [0.2, 0.25) is 5.91 Å². The summed E-state index contributed by atoms with van der Waals surface area (Å²) in [6.07, 6.45) is 3.06. The van der Waals surface area contributed by atoms with Crippen LogP contribution in [0.3, 0.4) is 0 Å². The molecule has 1 N–H and O–H groups in total. The van der Waals surface area contributed by atoms with Crippen LogP contribution in [0, 0.1) is 0 Å². The molecule has 0 radical (unpaired) electrons. The van der Waals surface area contributed by atoms with Gasteiger partial charge in [-0.2, -0.15) is 0 Å². The number of aromatic nitrogens is 1. The predicted molar refractivity (Wildman–Crippen MR) is 105 cm³/mol. The van der Waals surface area contributed by atoms with Gasteiger partial charge in [-0.25, -0.2) is 8.42 Å². The molecule has 0 aliphatic rings. The van der Waals surface area contributed by atoms with Crippen LogP contribution < -0.4 is 9.62 Å². The van der Waals surface area contributed by atoms with E-state index < -0.39 is 22.5 Å². The van der Waals surface area contributed by atoms with Gasteiger partial charge >= 0.3 is 0 Å². The van der Waals surface area contributed by atoms with Gasteiger partial charge in [-0.3, -0.25) is 14.1 Å². The number of benzene rings is 2. The molecule has 1 amide bonds. The van der Waals surface area contributed by atoms with Gasteiger partial charge in [0.15, 0.2) is 0 Å². The van der Waals surface area contributed by atoms with E-state index in [9.17, 15) is 13.2 Å². The Balaban J connectivity index is 1.93. The summed E-state index contributed by atoms with van der Waals surface area (Å²) in [6, 6.07) is 17.5. The number of amides is 1. The maximum Gasteiger partial charge on any atom is 0.264 e. The Morgan fingerprint density at radius 2 is 1.70 bits per heavy atom. The topological polar surface area (TPSA) is 79.4 Å². The average molecular weight is 402 g/mol. The van der Waals surface area contributed by atoms with Crippen LogP contribution in [0.2, 0.25) is 5.02 Å². The number of hydrogen-bond donors (Lipinski definition) is 1. The minimum Gasteiger partial charge on any atom is -0.323 e. The van der Waals surface area contributed by atoms with Gasteiger partial charge in [-0.15, -0.1) is 0 Å². The van der Waals surface area contributed by atoms with Crippen LogP contribution in [0.25, 0.3) is 0 Å². The molecule has 3 rings (SSSR count). The highest BCUT2D eigenvalue weighted by Gasteiger charge is 2.27. The molecular weight excluding hydrogens is 386 g/mol. The Kier molecular flexibility index (Phi) is 5.73. The molecule has 0 atom stereocenters. The first kappa shape index (κ1) is 18.9. The standard InChI is InChI=1S/C19H16ClN3O3S/c20-15-8-10-17(11-9-15)23(27(25,26)18-6-2-1-3-7-18)14-19(24)22-16-5-4-12-21-13-16/h1-13H,14H2,(H,22,24). The molecule has 0 aliphatic heterocycles. The summed E-state index contributed by atoms with van der Waals surface area (Å²) >= 11 is 5.91. The van der Waals surface area contributed by atoms with Crippen LogP contribution in [0.1, 0.15) is 0 Å². The second kappa shape index (κ2) is 8.20. The lowest BCUT2D eigenvalue weighted by molar-refractivity contribution is -0.114. The molecule has 27 heavy (non-hydrogen) atoms. The number of halogens is 1. The van der Waals surface area contributed by atoms with Crippen molar-refractivity contribution in [3.63, 3.8) is 0 Å². The maximum absolute atomic E-state index is 13.1. The molecule has 0 aliphatic carbocycles. The predicted octanol–water partition coefficient (Wildman–Crippen LogP) is 3.57. The third-order valence-corrected chi connectivity index (χ3v) is 5.72. The van der Waals surface area contributed by atoms with Gasteiger partial charge in [-0.1, -0.05) is 29.8 Å². The smallest absolute Gasteiger partial charge is 0.264 e. The van der Waals surface area contributed by atoms with Gasteiger partial charge in [0.05, 0.1) is 22.5 Å². The molecular formula is C19H16ClN3O3S. The monoisotopic (exact) mass is 401 g/mol. The van der Waals surface area contributed by atoms with Crippen molar-refractivity contribution in [1.82, 2.24) is 4.98 Å². The zero-order valence-electron chi connectivity index (χ0n) is 14.1. The number of sulfonamides is 1. The summed E-state index contributed by atoms with van der Waals surface area (Å²) in [7, 11) is -3.94. The van der Waals surface area contributed by atoms with Crippen LogP contribution in [0.15, 0.2) is 84.0 Å². The average Bonchev–Trinajstić information content (AvgIpc) is 2.68. The van der Waals surface area contributed by atoms with Gasteiger partial charge in [-0.05, 0) is 48.5 Å². The Labute approximate surface area is 162 Å². The summed E-state index contributed by atoms with van der Waals surface area (Å²) in [5.41, 5.74) is 0.820. The maximum atomic E-state index is 13.1. The van der Waals surface area contributed by atoms with Crippen molar-refractivity contribution < 1.29 is 13.2 Å². The van der Waals surface area contributed by atoms with E-state index in [2.05, 4.69) is 10.3 Å². The zero-order chi connectivity index (χ0) is 19.3. The fourth-order valence-corrected chi connectivity index (χ4v) is 3.98. The van der Waals surface area contributed by atoms with Crippen LogP contribution in [0.4, 0.5) is 11.4 Å². The molecule has 8 heteroatoms. The molecule has 0 saturated heterocycles. The first-order chi connectivity index (χ1) is 13.0. The molecule has 138 valence electrons. The highest BCUT2D eigenvalue weighted by molar-refractivity contribution is 7.92. The number of pyridine rings is 1. The summed E-state index contributed by atoms with van der Waals surface area (Å²) in [5, 5.41) is 3.11. The summed E-state index contributed by atoms with van der Waals surface area (Å²) < 4.78 is 27.3. The van der Waals surface area contributed by atoms with Crippen molar-refractivity contribution >= 4 is 38.9 Å². The van der Waals surface area contributed by atoms with Crippen molar-refractivity contribution in [2.75, 3.05) is 16.2 Å². The Hall–Kier alpha value is -2.90. The van der Waals surface area contributed by atoms with E-state index in [-0.39, 0.29) is 4.90 Å². The van der Waals surface area contributed by atoms with Crippen molar-refractivity contribution in [1.29, 1.82) is 0 Å². The Morgan fingerprint density at radius 1 is 1.00 bits per heavy atom. The first-order valence-corrected chi connectivity index (χ1v) is 9.82. The number of hydrogen-bond acceptors (Lipinski definition) is 4. The van der Waals surface area contributed by atoms with E-state index in [0.29, 0.717) is 16.4 Å². The molecule has 1 aromatic heterocycles. The fraction of sp³-hybridized carbons (Fsp3) is 0.0526. The zero-order valence-corrected chi connectivity index (χ0v) is 15.7. The van der Waals surface area contributed by atoms with Crippen LogP contribution in [-0.2, 0) is 14.8 Å². The SMILES string of the molecule is O=C(CN(c1ccc(Cl)cc1)S(=O)(=O)c1ccccc1)Nc1cccnc1. The third kappa shape index (κ3) is 4.64. The number of nitrogens with zero attached hydrogens (tertiary/aromatic N) is 2. The van der Waals surface area contributed by atoms with Crippen molar-refractivity contribution in [3.05, 3.63) is 84.1 Å². The van der Waals surface area contributed by atoms with Crippen molar-refractivity contribution in [2.24, 2.45) is 0 Å². The normalized spacial score (nSPS) is 11.0. The van der Waals surface area contributed by atoms with Gasteiger partial charge in [0.25, 0.3) is 10.0 Å². The van der Waals surface area contributed by atoms with Crippen molar-refractivity contribution in [3.8, 4) is 0 Å². The second-order valence-electron chi connectivity index (χ2n) is 5.59. The first-order valence-electron chi connectivity index (χ1n) is 8.00. The number of rotatable bonds is 6. The molecule has 6 nitrogen and oxygen atoms in total. The third-order valence-electron chi connectivity index (χ3n) is 3.68. The molecule has 0 unspecified atom stereocenters. The quantitative estimate of drug-likeness (QED) is 0.684. The number of anilines is 2. The minimum atomic E-state index is -3.94. The van der Waals surface area contributed by atoms with Crippen LogP contribution >= 0.6 is 11.6 Å². The molecule has 2 aromatic carbocycles. The highest BCUT2D eigenvalue weighted by atomic mass is 35.5. The van der Waals surface area contributed by atoms with E-state index in [4.69, 9.17) is 11.6 Å². The molecule has 1 heterocycles. The Morgan fingerprint density at radius 3 is 2.33 bits per heavy atom. The molecule has 0 fully saturated rings. The summed E-state index contributed by atoms with van der Waals surface area (Å²) in [4.78, 5) is 16.5.